The summed E-state index contributed by atoms with van der Waals surface area (Å²) in [7, 11) is -3.44. The highest BCUT2D eigenvalue weighted by Gasteiger charge is 2.21. The first-order valence-electron chi connectivity index (χ1n) is 4.37. The Bertz CT molecular complexity index is 437. The largest absolute Gasteiger partial charge is 0.377 e. The zero-order valence-corrected chi connectivity index (χ0v) is 8.98. The molecular weight excluding hydrogens is 222 g/mol. The summed E-state index contributed by atoms with van der Waals surface area (Å²) in [4.78, 5) is 3.93. The SMILES string of the molecule is CS(=O)(=O)OCc1ncn(C2COC2)n1. The van der Waals surface area contributed by atoms with E-state index in [9.17, 15) is 8.42 Å². The number of ether oxygens (including phenoxy) is 1. The number of aromatic nitrogens is 3. The van der Waals surface area contributed by atoms with Gasteiger partial charge in [-0.3, -0.25) is 4.18 Å². The lowest BCUT2D eigenvalue weighted by atomic mass is 10.3. The van der Waals surface area contributed by atoms with Crippen molar-refractivity contribution in [2.75, 3.05) is 19.5 Å². The normalized spacial score (nSPS) is 17.7. The Morgan fingerprint density at radius 3 is 2.93 bits per heavy atom. The van der Waals surface area contributed by atoms with Gasteiger partial charge in [0.25, 0.3) is 10.1 Å². The second kappa shape index (κ2) is 3.87. The summed E-state index contributed by atoms with van der Waals surface area (Å²) in [5.41, 5.74) is 0. The summed E-state index contributed by atoms with van der Waals surface area (Å²) in [6.45, 7) is 1.12. The lowest BCUT2D eigenvalue weighted by Gasteiger charge is -2.25. The molecule has 0 radical (unpaired) electrons. The van der Waals surface area contributed by atoms with Crippen molar-refractivity contribution >= 4 is 10.1 Å². The zero-order chi connectivity index (χ0) is 10.9. The average molecular weight is 233 g/mol. The highest BCUT2D eigenvalue weighted by atomic mass is 32.2. The van der Waals surface area contributed by atoms with E-state index in [2.05, 4.69) is 14.3 Å². The van der Waals surface area contributed by atoms with Crippen LogP contribution in [0.4, 0.5) is 0 Å². The quantitative estimate of drug-likeness (QED) is 0.641. The number of hydrogen-bond acceptors (Lipinski definition) is 6. The highest BCUT2D eigenvalue weighted by molar-refractivity contribution is 7.85. The fourth-order valence-corrected chi connectivity index (χ4v) is 1.41. The highest BCUT2D eigenvalue weighted by Crippen LogP contribution is 2.15. The van der Waals surface area contributed by atoms with Crippen LogP contribution in [0.1, 0.15) is 11.9 Å². The predicted molar refractivity (Wildman–Crippen MR) is 49.5 cm³/mol. The standard InChI is InChI=1S/C7H11N3O4S/c1-15(11,12)14-4-7-8-5-10(9-7)6-2-13-3-6/h5-6H,2-4H2,1H3. The van der Waals surface area contributed by atoms with Gasteiger partial charge in [0.1, 0.15) is 19.0 Å². The van der Waals surface area contributed by atoms with Crippen molar-refractivity contribution in [3.05, 3.63) is 12.2 Å². The molecule has 1 aliphatic rings. The molecule has 1 fully saturated rings. The lowest BCUT2D eigenvalue weighted by molar-refractivity contribution is -0.0290. The molecule has 1 aliphatic heterocycles. The monoisotopic (exact) mass is 233 g/mol. The van der Waals surface area contributed by atoms with Crippen LogP contribution >= 0.6 is 0 Å². The maximum atomic E-state index is 10.7. The molecule has 0 aromatic carbocycles. The Morgan fingerprint density at radius 2 is 2.40 bits per heavy atom. The van der Waals surface area contributed by atoms with Crippen molar-refractivity contribution in [2.24, 2.45) is 0 Å². The van der Waals surface area contributed by atoms with E-state index in [1.807, 2.05) is 0 Å². The van der Waals surface area contributed by atoms with E-state index < -0.39 is 10.1 Å². The molecule has 7 nitrogen and oxygen atoms in total. The minimum Gasteiger partial charge on any atom is -0.377 e. The van der Waals surface area contributed by atoms with E-state index in [0.29, 0.717) is 19.0 Å². The second-order valence-corrected chi connectivity index (χ2v) is 4.94. The lowest BCUT2D eigenvalue weighted by Crippen LogP contribution is -2.31. The summed E-state index contributed by atoms with van der Waals surface area (Å²) >= 11 is 0. The molecule has 0 atom stereocenters. The van der Waals surface area contributed by atoms with Gasteiger partial charge in [0.05, 0.1) is 19.5 Å². The molecule has 1 saturated heterocycles. The Morgan fingerprint density at radius 1 is 1.67 bits per heavy atom. The first kappa shape index (κ1) is 10.5. The summed E-state index contributed by atoms with van der Waals surface area (Å²) in [6.07, 6.45) is 2.54. The van der Waals surface area contributed by atoms with Crippen molar-refractivity contribution in [2.45, 2.75) is 12.6 Å². The number of hydrogen-bond donors (Lipinski definition) is 0. The van der Waals surface area contributed by atoms with Crippen LogP contribution < -0.4 is 0 Å². The van der Waals surface area contributed by atoms with Crippen LogP contribution in [-0.2, 0) is 25.6 Å². The van der Waals surface area contributed by atoms with E-state index in [1.165, 1.54) is 0 Å². The Hall–Kier alpha value is -0.990. The van der Waals surface area contributed by atoms with Gasteiger partial charge in [-0.25, -0.2) is 9.67 Å². The maximum absolute atomic E-state index is 10.7. The fraction of sp³-hybridized carbons (Fsp3) is 0.714. The first-order valence-corrected chi connectivity index (χ1v) is 6.18. The van der Waals surface area contributed by atoms with E-state index in [1.54, 1.807) is 11.0 Å². The van der Waals surface area contributed by atoms with E-state index in [-0.39, 0.29) is 12.6 Å². The number of rotatable bonds is 4. The topological polar surface area (TPSA) is 83.3 Å². The predicted octanol–water partition coefficient (Wildman–Crippen LogP) is -0.674. The van der Waals surface area contributed by atoms with Gasteiger partial charge in [-0.1, -0.05) is 0 Å². The van der Waals surface area contributed by atoms with Gasteiger partial charge in [-0.05, 0) is 0 Å². The fourth-order valence-electron chi connectivity index (χ4n) is 1.09. The minimum absolute atomic E-state index is 0.126. The average Bonchev–Trinajstić information content (AvgIpc) is 2.45. The van der Waals surface area contributed by atoms with Crippen molar-refractivity contribution < 1.29 is 17.3 Å². The third-order valence-corrected chi connectivity index (χ3v) is 2.50. The van der Waals surface area contributed by atoms with Crippen molar-refractivity contribution in [1.82, 2.24) is 14.8 Å². The molecule has 15 heavy (non-hydrogen) atoms. The molecule has 0 spiro atoms. The van der Waals surface area contributed by atoms with Gasteiger partial charge >= 0.3 is 0 Å². The Kier molecular flexibility index (Phi) is 2.72. The molecular formula is C7H11N3O4S. The van der Waals surface area contributed by atoms with Gasteiger partial charge in [-0.2, -0.15) is 13.5 Å². The van der Waals surface area contributed by atoms with Gasteiger partial charge in [-0.15, -0.1) is 0 Å². The van der Waals surface area contributed by atoms with E-state index in [4.69, 9.17) is 4.74 Å². The van der Waals surface area contributed by atoms with Gasteiger partial charge in [0.2, 0.25) is 0 Å². The Labute approximate surface area is 87.1 Å². The summed E-state index contributed by atoms with van der Waals surface area (Å²) in [6, 6.07) is 0.212. The molecule has 0 N–H and O–H groups in total. The van der Waals surface area contributed by atoms with E-state index in [0.717, 1.165) is 6.26 Å². The van der Waals surface area contributed by atoms with Gasteiger partial charge in [0.15, 0.2) is 5.82 Å². The van der Waals surface area contributed by atoms with Crippen LogP contribution in [0, 0.1) is 0 Å². The molecule has 2 rings (SSSR count). The molecule has 0 saturated carbocycles. The summed E-state index contributed by atoms with van der Waals surface area (Å²) in [5.74, 6) is 0.354. The van der Waals surface area contributed by atoms with E-state index >= 15 is 0 Å². The molecule has 1 aromatic heterocycles. The molecule has 84 valence electrons. The Balaban J connectivity index is 1.95. The zero-order valence-electron chi connectivity index (χ0n) is 8.16. The molecule has 1 aromatic rings. The molecule has 0 bridgehead atoms. The summed E-state index contributed by atoms with van der Waals surface area (Å²) in [5, 5.41) is 4.07. The third-order valence-electron chi connectivity index (χ3n) is 1.95. The smallest absolute Gasteiger partial charge is 0.264 e. The first-order chi connectivity index (χ1) is 7.04. The molecule has 0 unspecified atom stereocenters. The van der Waals surface area contributed by atoms with Crippen LogP contribution in [-0.4, -0.2) is 42.7 Å². The second-order valence-electron chi connectivity index (χ2n) is 3.30. The molecule has 2 heterocycles. The molecule has 0 aliphatic carbocycles. The van der Waals surface area contributed by atoms with Crippen molar-refractivity contribution in [3.63, 3.8) is 0 Å². The molecule has 8 heteroatoms. The van der Waals surface area contributed by atoms with Gasteiger partial charge in [0, 0.05) is 0 Å². The van der Waals surface area contributed by atoms with Crippen LogP contribution in [0.5, 0.6) is 0 Å². The van der Waals surface area contributed by atoms with Crippen LogP contribution in [0.2, 0.25) is 0 Å². The van der Waals surface area contributed by atoms with Crippen LogP contribution in [0.25, 0.3) is 0 Å². The molecule has 0 amide bonds. The summed E-state index contributed by atoms with van der Waals surface area (Å²) < 4.78 is 32.6. The van der Waals surface area contributed by atoms with Crippen LogP contribution in [0.15, 0.2) is 6.33 Å². The number of nitrogens with zero attached hydrogens (tertiary/aromatic N) is 3. The third kappa shape index (κ3) is 2.74. The van der Waals surface area contributed by atoms with Crippen LogP contribution in [0.3, 0.4) is 0 Å². The minimum atomic E-state index is -3.44. The van der Waals surface area contributed by atoms with Crippen molar-refractivity contribution in [3.8, 4) is 0 Å². The van der Waals surface area contributed by atoms with Crippen molar-refractivity contribution in [1.29, 1.82) is 0 Å². The van der Waals surface area contributed by atoms with Gasteiger partial charge < -0.3 is 4.74 Å². The maximum Gasteiger partial charge on any atom is 0.264 e.